The molecule has 1 aliphatic rings. The first-order chi connectivity index (χ1) is 12.8. The van der Waals surface area contributed by atoms with E-state index in [9.17, 15) is 0 Å². The van der Waals surface area contributed by atoms with Gasteiger partial charge in [0.05, 0.1) is 13.2 Å². The lowest BCUT2D eigenvalue weighted by Crippen LogP contribution is -2.49. The van der Waals surface area contributed by atoms with Crippen molar-refractivity contribution >= 4 is 29.9 Å². The fourth-order valence-electron chi connectivity index (χ4n) is 3.25. The number of aliphatic imine (C=N–C) groups is 1. The average molecular weight is 493 g/mol. The normalized spacial score (nSPS) is 16.2. The number of aryl methyl sites for hydroxylation is 1. The van der Waals surface area contributed by atoms with Crippen LogP contribution >= 0.6 is 24.0 Å². The minimum absolute atomic E-state index is 0. The Morgan fingerprint density at radius 2 is 2.07 bits per heavy atom. The van der Waals surface area contributed by atoms with Gasteiger partial charge in [0.1, 0.15) is 12.2 Å². The van der Waals surface area contributed by atoms with Gasteiger partial charge in [-0.2, -0.15) is 0 Å². The molecule has 27 heavy (non-hydrogen) atoms. The number of nitrogens with zero attached hydrogens (tertiary/aromatic N) is 5. The Labute approximate surface area is 180 Å². The number of ether oxygens (including phenoxy) is 1. The van der Waals surface area contributed by atoms with E-state index in [1.165, 1.54) is 13.0 Å². The van der Waals surface area contributed by atoms with E-state index < -0.39 is 0 Å². The van der Waals surface area contributed by atoms with E-state index >= 15 is 0 Å². The van der Waals surface area contributed by atoms with Crippen molar-refractivity contribution in [1.29, 1.82) is 0 Å². The zero-order valence-electron chi connectivity index (χ0n) is 17.0. The number of piperidine rings is 1. The topological polar surface area (TPSA) is 79.6 Å². The number of methoxy groups -OCH3 is 1. The van der Waals surface area contributed by atoms with Gasteiger partial charge in [-0.15, -0.1) is 34.2 Å². The summed E-state index contributed by atoms with van der Waals surface area (Å²) in [6.45, 7) is 10.8. The van der Waals surface area contributed by atoms with Gasteiger partial charge in [0.15, 0.2) is 5.96 Å². The molecule has 0 radical (unpaired) electrons. The fourth-order valence-corrected chi connectivity index (χ4v) is 3.25. The molecule has 9 heteroatoms. The lowest BCUT2D eigenvalue weighted by molar-refractivity contribution is 0.204. The molecule has 2 heterocycles. The van der Waals surface area contributed by atoms with Crippen LogP contribution in [0.15, 0.2) is 11.3 Å². The van der Waals surface area contributed by atoms with Gasteiger partial charge in [-0.1, -0.05) is 13.8 Å². The molecule has 1 aromatic rings. The maximum Gasteiger partial charge on any atom is 0.191 e. The van der Waals surface area contributed by atoms with Crippen LogP contribution in [0.25, 0.3) is 0 Å². The van der Waals surface area contributed by atoms with Gasteiger partial charge >= 0.3 is 0 Å². The van der Waals surface area contributed by atoms with Gasteiger partial charge in [0.2, 0.25) is 0 Å². The molecule has 0 aliphatic carbocycles. The Morgan fingerprint density at radius 3 is 2.74 bits per heavy atom. The third-order valence-corrected chi connectivity index (χ3v) is 4.69. The third-order valence-electron chi connectivity index (χ3n) is 4.69. The highest BCUT2D eigenvalue weighted by Gasteiger charge is 2.19. The van der Waals surface area contributed by atoms with Crippen molar-refractivity contribution in [2.75, 3.05) is 46.4 Å². The van der Waals surface area contributed by atoms with E-state index in [2.05, 4.69) is 49.1 Å². The number of nitrogens with one attached hydrogen (secondary N) is 2. The van der Waals surface area contributed by atoms with Gasteiger partial charge in [-0.3, -0.25) is 4.99 Å². The van der Waals surface area contributed by atoms with Crippen molar-refractivity contribution in [3.8, 4) is 0 Å². The molecular weight excluding hydrogens is 457 g/mol. The van der Waals surface area contributed by atoms with Gasteiger partial charge < -0.3 is 24.8 Å². The maximum absolute atomic E-state index is 5.13. The molecule has 2 N–H and O–H groups in total. The van der Waals surface area contributed by atoms with Crippen LogP contribution in [-0.2, 0) is 17.7 Å². The van der Waals surface area contributed by atoms with Gasteiger partial charge in [0, 0.05) is 45.8 Å². The first-order valence-electron chi connectivity index (χ1n) is 9.89. The van der Waals surface area contributed by atoms with Crippen LogP contribution in [0.4, 0.5) is 0 Å². The first-order valence-corrected chi connectivity index (χ1v) is 9.89. The molecule has 0 aromatic carbocycles. The number of hydrogen-bond acceptors (Lipinski definition) is 5. The van der Waals surface area contributed by atoms with Crippen molar-refractivity contribution in [1.82, 2.24) is 30.3 Å². The van der Waals surface area contributed by atoms with Crippen LogP contribution in [0.5, 0.6) is 0 Å². The van der Waals surface area contributed by atoms with Crippen molar-refractivity contribution in [2.45, 2.75) is 52.1 Å². The molecule has 8 nitrogen and oxygen atoms in total. The summed E-state index contributed by atoms with van der Waals surface area (Å²) in [5.41, 5.74) is 0. The standard InChI is InChI=1S/C18H35N7O.HI/c1-4-10-24-11-6-16(7-12-24)22-18(20-9-14-26-3)19-8-13-25-15-21-23-17(25)5-2;/h15-16H,4-14H2,1-3H3,(H2,19,20,22);1H. The van der Waals surface area contributed by atoms with E-state index in [0.29, 0.717) is 19.2 Å². The van der Waals surface area contributed by atoms with E-state index in [1.54, 1.807) is 13.4 Å². The predicted octanol–water partition coefficient (Wildman–Crippen LogP) is 1.51. The second kappa shape index (κ2) is 14.1. The van der Waals surface area contributed by atoms with Crippen LogP contribution in [0.2, 0.25) is 0 Å². The molecule has 0 unspecified atom stereocenters. The molecular formula is C18H36IN7O. The summed E-state index contributed by atoms with van der Waals surface area (Å²) < 4.78 is 7.21. The van der Waals surface area contributed by atoms with Crippen LogP contribution in [0, 0.1) is 0 Å². The third kappa shape index (κ3) is 8.73. The molecule has 1 aliphatic heterocycles. The molecule has 0 amide bonds. The van der Waals surface area contributed by atoms with Crippen LogP contribution in [-0.4, -0.2) is 78.1 Å². The van der Waals surface area contributed by atoms with Crippen LogP contribution < -0.4 is 10.6 Å². The monoisotopic (exact) mass is 493 g/mol. The number of halogens is 1. The number of guanidine groups is 1. The molecule has 1 saturated heterocycles. The van der Waals surface area contributed by atoms with Crippen LogP contribution in [0.3, 0.4) is 0 Å². The quantitative estimate of drug-likeness (QED) is 0.223. The Hall–Kier alpha value is -0.940. The SMILES string of the molecule is CCCN1CCC(NC(=NCCOC)NCCn2cnnc2CC)CC1.I. The summed E-state index contributed by atoms with van der Waals surface area (Å²) in [7, 11) is 1.71. The molecule has 0 bridgehead atoms. The number of rotatable bonds is 10. The zero-order chi connectivity index (χ0) is 18.6. The van der Waals surface area contributed by atoms with Crippen molar-refractivity contribution < 1.29 is 4.74 Å². The highest BCUT2D eigenvalue weighted by Crippen LogP contribution is 2.10. The summed E-state index contributed by atoms with van der Waals surface area (Å²) in [6, 6.07) is 0.484. The lowest BCUT2D eigenvalue weighted by atomic mass is 10.1. The number of aromatic nitrogens is 3. The Balaban J connectivity index is 0.00000364. The smallest absolute Gasteiger partial charge is 0.191 e. The zero-order valence-corrected chi connectivity index (χ0v) is 19.3. The molecule has 0 atom stereocenters. The number of hydrogen-bond donors (Lipinski definition) is 2. The summed E-state index contributed by atoms with van der Waals surface area (Å²) in [4.78, 5) is 7.19. The Morgan fingerprint density at radius 1 is 1.30 bits per heavy atom. The second-order valence-electron chi connectivity index (χ2n) is 6.70. The summed E-state index contributed by atoms with van der Waals surface area (Å²) >= 11 is 0. The minimum Gasteiger partial charge on any atom is -0.383 e. The highest BCUT2D eigenvalue weighted by molar-refractivity contribution is 14.0. The van der Waals surface area contributed by atoms with Crippen LogP contribution in [0.1, 0.15) is 38.9 Å². The predicted molar refractivity (Wildman–Crippen MR) is 120 cm³/mol. The van der Waals surface area contributed by atoms with Gasteiger partial charge in [0.25, 0.3) is 0 Å². The Kier molecular flexibility index (Phi) is 12.6. The summed E-state index contributed by atoms with van der Waals surface area (Å²) in [5, 5.41) is 15.2. The molecule has 0 saturated carbocycles. The average Bonchev–Trinajstić information content (AvgIpc) is 3.11. The minimum atomic E-state index is 0. The molecule has 2 rings (SSSR count). The highest BCUT2D eigenvalue weighted by atomic mass is 127. The van der Waals surface area contributed by atoms with E-state index in [0.717, 1.165) is 57.2 Å². The van der Waals surface area contributed by atoms with Crippen molar-refractivity contribution in [3.63, 3.8) is 0 Å². The first kappa shape index (κ1) is 24.1. The lowest BCUT2D eigenvalue weighted by Gasteiger charge is -2.32. The van der Waals surface area contributed by atoms with E-state index in [-0.39, 0.29) is 24.0 Å². The van der Waals surface area contributed by atoms with E-state index in [4.69, 9.17) is 4.74 Å². The van der Waals surface area contributed by atoms with Gasteiger partial charge in [-0.05, 0) is 25.8 Å². The molecule has 156 valence electrons. The largest absolute Gasteiger partial charge is 0.383 e. The second-order valence-corrected chi connectivity index (χ2v) is 6.70. The van der Waals surface area contributed by atoms with Crippen molar-refractivity contribution in [2.24, 2.45) is 4.99 Å². The molecule has 1 aromatic heterocycles. The fraction of sp³-hybridized carbons (Fsp3) is 0.833. The maximum atomic E-state index is 5.13. The van der Waals surface area contributed by atoms with Crippen molar-refractivity contribution in [3.05, 3.63) is 12.2 Å². The number of likely N-dealkylation sites (tertiary alicyclic amines) is 1. The van der Waals surface area contributed by atoms with Gasteiger partial charge in [-0.25, -0.2) is 0 Å². The summed E-state index contributed by atoms with van der Waals surface area (Å²) in [6.07, 6.45) is 6.24. The Bertz CT molecular complexity index is 530. The molecule has 1 fully saturated rings. The molecule has 0 spiro atoms. The van der Waals surface area contributed by atoms with E-state index in [1.807, 2.05) is 0 Å². The summed E-state index contributed by atoms with van der Waals surface area (Å²) in [5.74, 6) is 1.89.